The number of fused-ring (bicyclic) bond motifs is 3. The van der Waals surface area contributed by atoms with Gasteiger partial charge in [0.25, 0.3) is 0 Å². The lowest BCUT2D eigenvalue weighted by molar-refractivity contribution is 0.416. The van der Waals surface area contributed by atoms with Gasteiger partial charge in [-0.05, 0) is 43.7 Å². The van der Waals surface area contributed by atoms with E-state index in [4.69, 9.17) is 9.72 Å². The summed E-state index contributed by atoms with van der Waals surface area (Å²) in [6, 6.07) is 13.9. The number of anilines is 2. The van der Waals surface area contributed by atoms with Gasteiger partial charge in [-0.15, -0.1) is 10.2 Å². The Morgan fingerprint density at radius 2 is 1.88 bits per heavy atom. The van der Waals surface area contributed by atoms with Gasteiger partial charge in [0.2, 0.25) is 5.95 Å². The molecule has 0 aliphatic heterocycles. The second kappa shape index (κ2) is 5.49. The van der Waals surface area contributed by atoms with E-state index >= 15 is 0 Å². The molecule has 0 spiro atoms. The maximum atomic E-state index is 5.45. The fraction of sp³-hybridized carbons (Fsp3) is 0.167. The van der Waals surface area contributed by atoms with Gasteiger partial charge in [-0.25, -0.2) is 9.38 Å². The molecule has 0 aliphatic carbocycles. The topological polar surface area (TPSA) is 64.3 Å². The second-order valence-corrected chi connectivity index (χ2v) is 5.69. The average molecular weight is 319 g/mol. The van der Waals surface area contributed by atoms with Crippen molar-refractivity contribution in [1.29, 1.82) is 0 Å². The van der Waals surface area contributed by atoms with E-state index in [1.165, 1.54) is 0 Å². The first-order chi connectivity index (χ1) is 11.7. The minimum Gasteiger partial charge on any atom is -0.495 e. The zero-order chi connectivity index (χ0) is 16.7. The van der Waals surface area contributed by atoms with Crippen LogP contribution in [0.1, 0.15) is 11.4 Å². The Morgan fingerprint density at radius 1 is 1.04 bits per heavy atom. The lowest BCUT2D eigenvalue weighted by atomic mass is 10.2. The SMILES string of the molecule is COc1ccc(C)cc1Nc1nc2ccccc2c2nnc(C)n12. The average Bonchev–Trinajstić information content (AvgIpc) is 2.98. The van der Waals surface area contributed by atoms with Crippen LogP contribution in [-0.4, -0.2) is 26.7 Å². The van der Waals surface area contributed by atoms with Gasteiger partial charge in [0.05, 0.1) is 18.3 Å². The van der Waals surface area contributed by atoms with E-state index in [0.717, 1.165) is 39.4 Å². The predicted octanol–water partition coefficient (Wildman–Crippen LogP) is 3.65. The predicted molar refractivity (Wildman–Crippen MR) is 94.0 cm³/mol. The van der Waals surface area contributed by atoms with E-state index in [2.05, 4.69) is 15.5 Å². The molecule has 0 radical (unpaired) electrons. The summed E-state index contributed by atoms with van der Waals surface area (Å²) in [5.41, 5.74) is 3.64. The lowest BCUT2D eigenvalue weighted by Crippen LogP contribution is -2.05. The van der Waals surface area contributed by atoms with Gasteiger partial charge in [-0.3, -0.25) is 0 Å². The van der Waals surface area contributed by atoms with Gasteiger partial charge < -0.3 is 10.1 Å². The van der Waals surface area contributed by atoms with Crippen LogP contribution < -0.4 is 10.1 Å². The summed E-state index contributed by atoms with van der Waals surface area (Å²) in [6.45, 7) is 3.95. The molecule has 24 heavy (non-hydrogen) atoms. The summed E-state index contributed by atoms with van der Waals surface area (Å²) in [5.74, 6) is 2.20. The van der Waals surface area contributed by atoms with Crippen molar-refractivity contribution in [2.45, 2.75) is 13.8 Å². The molecule has 120 valence electrons. The largest absolute Gasteiger partial charge is 0.495 e. The Morgan fingerprint density at radius 3 is 2.71 bits per heavy atom. The number of rotatable bonds is 3. The molecule has 6 nitrogen and oxygen atoms in total. The number of hydrogen-bond acceptors (Lipinski definition) is 5. The molecule has 0 saturated heterocycles. The first-order valence-electron chi connectivity index (χ1n) is 7.69. The molecule has 6 heteroatoms. The van der Waals surface area contributed by atoms with E-state index < -0.39 is 0 Å². The van der Waals surface area contributed by atoms with Crippen molar-refractivity contribution in [2.24, 2.45) is 0 Å². The number of aryl methyl sites for hydroxylation is 2. The summed E-state index contributed by atoms with van der Waals surface area (Å²) in [5, 5.41) is 12.9. The van der Waals surface area contributed by atoms with Crippen LogP contribution >= 0.6 is 0 Å². The van der Waals surface area contributed by atoms with Gasteiger partial charge >= 0.3 is 0 Å². The Balaban J connectivity index is 1.96. The van der Waals surface area contributed by atoms with Crippen molar-refractivity contribution in [3.63, 3.8) is 0 Å². The summed E-state index contributed by atoms with van der Waals surface area (Å²) in [7, 11) is 1.66. The molecule has 0 fully saturated rings. The lowest BCUT2D eigenvalue weighted by Gasteiger charge is -2.14. The molecule has 0 amide bonds. The van der Waals surface area contributed by atoms with Crippen molar-refractivity contribution in [2.75, 3.05) is 12.4 Å². The highest BCUT2D eigenvalue weighted by atomic mass is 16.5. The van der Waals surface area contributed by atoms with Crippen LogP contribution in [-0.2, 0) is 0 Å². The van der Waals surface area contributed by atoms with Crippen molar-refractivity contribution >= 4 is 28.2 Å². The molecular weight excluding hydrogens is 302 g/mol. The fourth-order valence-electron chi connectivity index (χ4n) is 2.84. The van der Waals surface area contributed by atoms with Crippen molar-refractivity contribution in [1.82, 2.24) is 19.6 Å². The number of nitrogens with zero attached hydrogens (tertiary/aromatic N) is 4. The van der Waals surface area contributed by atoms with Crippen molar-refractivity contribution < 1.29 is 4.74 Å². The quantitative estimate of drug-likeness (QED) is 0.624. The molecular formula is C18H17N5O. The van der Waals surface area contributed by atoms with Crippen LogP contribution in [0.4, 0.5) is 11.6 Å². The summed E-state index contributed by atoms with van der Waals surface area (Å²) in [4.78, 5) is 4.75. The number of aromatic nitrogens is 4. The van der Waals surface area contributed by atoms with Gasteiger partial charge in [0, 0.05) is 5.39 Å². The Hall–Kier alpha value is -3.15. The third kappa shape index (κ3) is 2.23. The molecule has 0 aliphatic rings. The monoisotopic (exact) mass is 319 g/mol. The maximum absolute atomic E-state index is 5.45. The van der Waals surface area contributed by atoms with E-state index in [0.29, 0.717) is 5.95 Å². The minimum absolute atomic E-state index is 0.662. The second-order valence-electron chi connectivity index (χ2n) is 5.69. The third-order valence-corrected chi connectivity index (χ3v) is 4.01. The number of hydrogen-bond donors (Lipinski definition) is 1. The molecule has 2 aromatic carbocycles. The normalized spacial score (nSPS) is 11.1. The van der Waals surface area contributed by atoms with Crippen LogP contribution in [0.15, 0.2) is 42.5 Å². The highest BCUT2D eigenvalue weighted by Crippen LogP contribution is 2.30. The number of methoxy groups -OCH3 is 1. The molecule has 2 heterocycles. The molecule has 0 atom stereocenters. The molecule has 4 aromatic rings. The summed E-state index contributed by atoms with van der Waals surface area (Å²) in [6.07, 6.45) is 0. The highest BCUT2D eigenvalue weighted by Gasteiger charge is 2.14. The smallest absolute Gasteiger partial charge is 0.215 e. The summed E-state index contributed by atoms with van der Waals surface area (Å²) < 4.78 is 7.37. The summed E-state index contributed by atoms with van der Waals surface area (Å²) >= 11 is 0. The highest BCUT2D eigenvalue weighted by molar-refractivity contribution is 5.92. The van der Waals surface area contributed by atoms with Crippen LogP contribution in [0.3, 0.4) is 0 Å². The zero-order valence-electron chi connectivity index (χ0n) is 13.7. The van der Waals surface area contributed by atoms with Gasteiger partial charge in [0.1, 0.15) is 11.6 Å². The van der Waals surface area contributed by atoms with Gasteiger partial charge in [-0.1, -0.05) is 18.2 Å². The van der Waals surface area contributed by atoms with Crippen LogP contribution in [0.2, 0.25) is 0 Å². The third-order valence-electron chi connectivity index (χ3n) is 4.01. The Bertz CT molecular complexity index is 1050. The first kappa shape index (κ1) is 14.4. The van der Waals surface area contributed by atoms with Gasteiger partial charge in [-0.2, -0.15) is 0 Å². The Kier molecular flexibility index (Phi) is 3.30. The van der Waals surface area contributed by atoms with Gasteiger partial charge in [0.15, 0.2) is 5.65 Å². The number of benzene rings is 2. The molecule has 0 saturated carbocycles. The van der Waals surface area contributed by atoms with E-state index in [-0.39, 0.29) is 0 Å². The minimum atomic E-state index is 0.662. The van der Waals surface area contributed by atoms with Crippen LogP contribution in [0.5, 0.6) is 5.75 Å². The van der Waals surface area contributed by atoms with Crippen LogP contribution in [0, 0.1) is 13.8 Å². The van der Waals surface area contributed by atoms with Crippen molar-refractivity contribution in [3.8, 4) is 5.75 Å². The van der Waals surface area contributed by atoms with E-state index in [9.17, 15) is 0 Å². The number of para-hydroxylation sites is 1. The molecule has 1 N–H and O–H groups in total. The fourth-order valence-corrected chi connectivity index (χ4v) is 2.84. The first-order valence-corrected chi connectivity index (χ1v) is 7.69. The van der Waals surface area contributed by atoms with Crippen LogP contribution in [0.25, 0.3) is 16.6 Å². The van der Waals surface area contributed by atoms with E-state index in [1.807, 2.05) is 60.7 Å². The van der Waals surface area contributed by atoms with Crippen molar-refractivity contribution in [3.05, 3.63) is 53.9 Å². The maximum Gasteiger partial charge on any atom is 0.215 e. The standard InChI is InChI=1S/C18H17N5O/c1-11-8-9-16(24-3)15(10-11)20-18-19-14-7-5-4-6-13(14)17-22-21-12(2)23(17)18/h4-10H,1-3H3,(H,19,20). The number of nitrogens with one attached hydrogen (secondary N) is 1. The number of ether oxygens (including phenoxy) is 1. The molecule has 2 aromatic heterocycles. The van der Waals surface area contributed by atoms with E-state index in [1.54, 1.807) is 7.11 Å². The molecule has 0 unspecified atom stereocenters. The zero-order valence-corrected chi connectivity index (χ0v) is 13.7. The molecule has 4 rings (SSSR count). The molecule has 0 bridgehead atoms. The Labute approximate surface area is 139 Å².